The predicted octanol–water partition coefficient (Wildman–Crippen LogP) is 4.32. The molecule has 1 unspecified atom stereocenters. The van der Waals surface area contributed by atoms with Crippen LogP contribution >= 0.6 is 0 Å². The number of hydrogen-bond donors (Lipinski definition) is 1. The summed E-state index contributed by atoms with van der Waals surface area (Å²) in [5.41, 5.74) is 2.77. The van der Waals surface area contributed by atoms with Gasteiger partial charge >= 0.3 is 0 Å². The van der Waals surface area contributed by atoms with Crippen LogP contribution in [0.5, 0.6) is 0 Å². The molecule has 112 valence electrons. The van der Waals surface area contributed by atoms with Crippen molar-refractivity contribution < 1.29 is 0 Å². The highest BCUT2D eigenvalue weighted by molar-refractivity contribution is 5.45. The van der Waals surface area contributed by atoms with Gasteiger partial charge in [-0.05, 0) is 69.9 Å². The molecule has 1 atom stereocenters. The molecular weight excluding hydrogens is 244 g/mol. The summed E-state index contributed by atoms with van der Waals surface area (Å²) >= 11 is 0. The Labute approximate surface area is 124 Å². The number of unbranched alkanes of at least 4 members (excludes halogenated alkanes) is 2. The lowest BCUT2D eigenvalue weighted by molar-refractivity contribution is 0.348. The molecule has 20 heavy (non-hydrogen) atoms. The van der Waals surface area contributed by atoms with E-state index in [1.807, 2.05) is 0 Å². The maximum Gasteiger partial charge on any atom is 0.0342 e. The Morgan fingerprint density at radius 1 is 1.10 bits per heavy atom. The van der Waals surface area contributed by atoms with E-state index in [9.17, 15) is 0 Å². The van der Waals surface area contributed by atoms with Crippen LogP contribution in [0, 0.1) is 0 Å². The summed E-state index contributed by atoms with van der Waals surface area (Å²) in [6.07, 6.45) is 9.05. The van der Waals surface area contributed by atoms with E-state index in [1.54, 1.807) is 0 Å². The van der Waals surface area contributed by atoms with Crippen LogP contribution in [0.1, 0.15) is 51.0 Å². The maximum atomic E-state index is 3.71. The number of likely N-dealkylation sites (tertiary alicyclic amines) is 1. The average Bonchev–Trinajstić information content (AvgIpc) is 2.66. The van der Waals surface area contributed by atoms with Crippen LogP contribution in [0.2, 0.25) is 0 Å². The van der Waals surface area contributed by atoms with Gasteiger partial charge in [-0.15, -0.1) is 0 Å². The van der Waals surface area contributed by atoms with Crippen molar-refractivity contribution in [3.8, 4) is 0 Å². The molecule has 1 saturated heterocycles. The Kier molecular flexibility index (Phi) is 6.38. The molecule has 2 nitrogen and oxygen atoms in total. The van der Waals surface area contributed by atoms with E-state index >= 15 is 0 Å². The molecule has 1 heterocycles. The van der Waals surface area contributed by atoms with Crippen molar-refractivity contribution in [2.45, 2.75) is 57.9 Å². The number of nitrogens with zero attached hydrogens (tertiary/aromatic N) is 1. The molecule has 0 bridgehead atoms. The summed E-state index contributed by atoms with van der Waals surface area (Å²) in [6.45, 7) is 4.72. The molecule has 1 aromatic rings. The molecule has 2 rings (SSSR count). The van der Waals surface area contributed by atoms with Gasteiger partial charge in [-0.1, -0.05) is 31.9 Å². The fraction of sp³-hybridized carbons (Fsp3) is 0.667. The highest BCUT2D eigenvalue weighted by Gasteiger charge is 2.14. The summed E-state index contributed by atoms with van der Waals surface area (Å²) in [5.74, 6) is 0. The van der Waals surface area contributed by atoms with Gasteiger partial charge in [0.05, 0.1) is 0 Å². The van der Waals surface area contributed by atoms with Crippen molar-refractivity contribution in [1.29, 1.82) is 0 Å². The van der Waals surface area contributed by atoms with Crippen LogP contribution < -0.4 is 5.32 Å². The minimum Gasteiger partial charge on any atom is -0.382 e. The zero-order valence-corrected chi connectivity index (χ0v) is 13.2. The van der Waals surface area contributed by atoms with E-state index in [4.69, 9.17) is 0 Å². The monoisotopic (exact) mass is 274 g/mol. The largest absolute Gasteiger partial charge is 0.382 e. The summed E-state index contributed by atoms with van der Waals surface area (Å²) < 4.78 is 0. The lowest BCUT2D eigenvalue weighted by atomic mass is 10.1. The van der Waals surface area contributed by atoms with Crippen LogP contribution in [0.3, 0.4) is 0 Å². The molecule has 0 saturated carbocycles. The molecule has 0 amide bonds. The van der Waals surface area contributed by atoms with Gasteiger partial charge < -0.3 is 10.2 Å². The van der Waals surface area contributed by atoms with Gasteiger partial charge in [0, 0.05) is 11.7 Å². The predicted molar refractivity (Wildman–Crippen MR) is 88.4 cm³/mol. The summed E-state index contributed by atoms with van der Waals surface area (Å²) in [6, 6.07) is 9.75. The topological polar surface area (TPSA) is 15.3 Å². The minimum absolute atomic E-state index is 0.644. The number of hydrogen-bond acceptors (Lipinski definition) is 2. The lowest BCUT2D eigenvalue weighted by Crippen LogP contribution is -2.22. The third kappa shape index (κ3) is 5.16. The summed E-state index contributed by atoms with van der Waals surface area (Å²) in [4.78, 5) is 2.44. The number of aryl methyl sites for hydroxylation is 1. The van der Waals surface area contributed by atoms with Gasteiger partial charge in [0.25, 0.3) is 0 Å². The van der Waals surface area contributed by atoms with Crippen LogP contribution in [-0.2, 0) is 6.42 Å². The molecule has 1 aliphatic heterocycles. The SMILES string of the molecule is CCCCCc1ccc(NC2CCCN(C)CC2)cc1. The second-order valence-electron chi connectivity index (χ2n) is 6.23. The number of anilines is 1. The normalized spacial score (nSPS) is 20.6. The van der Waals surface area contributed by atoms with Crippen molar-refractivity contribution in [1.82, 2.24) is 4.90 Å². The van der Waals surface area contributed by atoms with E-state index in [1.165, 1.54) is 69.3 Å². The standard InChI is InChI=1S/C18H30N2/c1-3-4-5-7-16-9-11-18(12-10-16)19-17-8-6-14-20(2)15-13-17/h9-12,17,19H,3-8,13-15H2,1-2H3. The van der Waals surface area contributed by atoms with Gasteiger partial charge in [0.1, 0.15) is 0 Å². The Balaban J connectivity index is 1.80. The van der Waals surface area contributed by atoms with Crippen LogP contribution in [0.25, 0.3) is 0 Å². The molecule has 0 spiro atoms. The van der Waals surface area contributed by atoms with E-state index < -0.39 is 0 Å². The molecular formula is C18H30N2. The molecule has 0 aromatic heterocycles. The molecule has 2 heteroatoms. The number of nitrogens with one attached hydrogen (secondary N) is 1. The zero-order valence-electron chi connectivity index (χ0n) is 13.2. The minimum atomic E-state index is 0.644. The van der Waals surface area contributed by atoms with Crippen molar-refractivity contribution >= 4 is 5.69 Å². The van der Waals surface area contributed by atoms with Gasteiger partial charge in [0.2, 0.25) is 0 Å². The zero-order chi connectivity index (χ0) is 14.2. The Morgan fingerprint density at radius 3 is 2.65 bits per heavy atom. The number of benzene rings is 1. The van der Waals surface area contributed by atoms with Gasteiger partial charge in [0.15, 0.2) is 0 Å². The third-order valence-electron chi connectivity index (χ3n) is 4.35. The van der Waals surface area contributed by atoms with E-state index in [-0.39, 0.29) is 0 Å². The number of rotatable bonds is 6. The van der Waals surface area contributed by atoms with Gasteiger partial charge in [-0.25, -0.2) is 0 Å². The first-order valence-corrected chi connectivity index (χ1v) is 8.32. The maximum absolute atomic E-state index is 3.71. The van der Waals surface area contributed by atoms with Crippen molar-refractivity contribution in [2.24, 2.45) is 0 Å². The highest BCUT2D eigenvalue weighted by Crippen LogP contribution is 2.17. The smallest absolute Gasteiger partial charge is 0.0342 e. The second-order valence-corrected chi connectivity index (χ2v) is 6.23. The van der Waals surface area contributed by atoms with Crippen molar-refractivity contribution in [2.75, 3.05) is 25.5 Å². The van der Waals surface area contributed by atoms with Crippen molar-refractivity contribution in [3.63, 3.8) is 0 Å². The lowest BCUT2D eigenvalue weighted by Gasteiger charge is -2.18. The van der Waals surface area contributed by atoms with Crippen LogP contribution in [-0.4, -0.2) is 31.1 Å². The molecule has 1 aliphatic rings. The molecule has 1 N–H and O–H groups in total. The first-order valence-electron chi connectivity index (χ1n) is 8.32. The molecule has 1 fully saturated rings. The Morgan fingerprint density at radius 2 is 1.90 bits per heavy atom. The fourth-order valence-corrected chi connectivity index (χ4v) is 2.97. The quantitative estimate of drug-likeness (QED) is 0.777. The van der Waals surface area contributed by atoms with Crippen LogP contribution in [0.4, 0.5) is 5.69 Å². The summed E-state index contributed by atoms with van der Waals surface area (Å²) in [7, 11) is 2.23. The van der Waals surface area contributed by atoms with E-state index in [2.05, 4.69) is 48.5 Å². The second kappa shape index (κ2) is 8.31. The van der Waals surface area contributed by atoms with Crippen molar-refractivity contribution in [3.05, 3.63) is 29.8 Å². The van der Waals surface area contributed by atoms with E-state index in [0.717, 1.165) is 0 Å². The van der Waals surface area contributed by atoms with Gasteiger partial charge in [-0.3, -0.25) is 0 Å². The van der Waals surface area contributed by atoms with Gasteiger partial charge in [-0.2, -0.15) is 0 Å². The summed E-state index contributed by atoms with van der Waals surface area (Å²) in [5, 5.41) is 3.71. The molecule has 0 radical (unpaired) electrons. The Bertz CT molecular complexity index is 372. The van der Waals surface area contributed by atoms with E-state index in [0.29, 0.717) is 6.04 Å². The fourth-order valence-electron chi connectivity index (χ4n) is 2.97. The first kappa shape index (κ1) is 15.4. The molecule has 1 aromatic carbocycles. The average molecular weight is 274 g/mol. The molecule has 0 aliphatic carbocycles. The van der Waals surface area contributed by atoms with Crippen LogP contribution in [0.15, 0.2) is 24.3 Å². The Hall–Kier alpha value is -1.02. The highest BCUT2D eigenvalue weighted by atomic mass is 15.1. The first-order chi connectivity index (χ1) is 9.78. The third-order valence-corrected chi connectivity index (χ3v) is 4.35.